The number of ether oxygens (including phenoxy) is 1. The van der Waals surface area contributed by atoms with E-state index >= 15 is 0 Å². The Labute approximate surface area is 86.8 Å². The van der Waals surface area contributed by atoms with Gasteiger partial charge < -0.3 is 10.1 Å². The molecule has 82 valence electrons. The maximum absolute atomic E-state index is 5.35. The number of hydrogen-bond acceptors (Lipinski definition) is 3. The Hall–Kier alpha value is -0.120. The van der Waals surface area contributed by atoms with Crippen LogP contribution in [0.25, 0.3) is 0 Å². The van der Waals surface area contributed by atoms with Crippen molar-refractivity contribution in [3.63, 3.8) is 0 Å². The molecule has 2 atom stereocenters. The van der Waals surface area contributed by atoms with Crippen LogP contribution in [0.4, 0.5) is 0 Å². The number of morpholine rings is 1. The van der Waals surface area contributed by atoms with E-state index in [4.69, 9.17) is 4.74 Å². The molecule has 3 nitrogen and oxygen atoms in total. The molecule has 0 aliphatic carbocycles. The minimum Gasteiger partial charge on any atom is -0.379 e. The molecular formula is C11H22N2O. The van der Waals surface area contributed by atoms with Gasteiger partial charge >= 0.3 is 0 Å². The van der Waals surface area contributed by atoms with Crippen molar-refractivity contribution in [1.82, 2.24) is 10.2 Å². The number of nitrogens with one attached hydrogen (secondary N) is 1. The fourth-order valence-corrected chi connectivity index (χ4v) is 2.42. The summed E-state index contributed by atoms with van der Waals surface area (Å²) in [6.07, 6.45) is 2.74. The molecule has 1 N–H and O–H groups in total. The highest BCUT2D eigenvalue weighted by molar-refractivity contribution is 4.81. The van der Waals surface area contributed by atoms with Gasteiger partial charge in [-0.2, -0.15) is 0 Å². The van der Waals surface area contributed by atoms with Crippen molar-refractivity contribution in [2.75, 3.05) is 39.4 Å². The largest absolute Gasteiger partial charge is 0.379 e. The topological polar surface area (TPSA) is 24.5 Å². The zero-order valence-corrected chi connectivity index (χ0v) is 9.17. The van der Waals surface area contributed by atoms with Gasteiger partial charge in [-0.3, -0.25) is 4.90 Å². The lowest BCUT2D eigenvalue weighted by molar-refractivity contribution is 0.0287. The first-order chi connectivity index (χ1) is 6.86. The normalized spacial score (nSPS) is 35.8. The third-order valence-electron chi connectivity index (χ3n) is 3.49. The molecular weight excluding hydrogens is 176 g/mol. The van der Waals surface area contributed by atoms with Gasteiger partial charge in [-0.25, -0.2) is 0 Å². The van der Waals surface area contributed by atoms with Gasteiger partial charge in [-0.05, 0) is 25.3 Å². The van der Waals surface area contributed by atoms with Crippen molar-refractivity contribution in [2.45, 2.75) is 25.8 Å². The lowest BCUT2D eigenvalue weighted by Crippen LogP contribution is -2.50. The second-order valence-corrected chi connectivity index (χ2v) is 4.59. The predicted octanol–water partition coefficient (Wildman–Crippen LogP) is 0.707. The Bertz CT molecular complexity index is 169. The van der Waals surface area contributed by atoms with E-state index < -0.39 is 0 Å². The lowest BCUT2D eigenvalue weighted by atomic mass is 9.92. The Morgan fingerprint density at radius 3 is 2.86 bits per heavy atom. The van der Waals surface area contributed by atoms with Crippen LogP contribution in [0, 0.1) is 5.92 Å². The fourth-order valence-electron chi connectivity index (χ4n) is 2.42. The molecule has 14 heavy (non-hydrogen) atoms. The molecule has 0 spiro atoms. The molecule has 0 bridgehead atoms. The van der Waals surface area contributed by atoms with Crippen LogP contribution in [0.5, 0.6) is 0 Å². The third-order valence-corrected chi connectivity index (χ3v) is 3.49. The van der Waals surface area contributed by atoms with Gasteiger partial charge in [0.25, 0.3) is 0 Å². The van der Waals surface area contributed by atoms with Crippen molar-refractivity contribution in [3.8, 4) is 0 Å². The molecule has 2 saturated heterocycles. The highest BCUT2D eigenvalue weighted by Crippen LogP contribution is 2.16. The van der Waals surface area contributed by atoms with E-state index in [-0.39, 0.29) is 0 Å². The molecule has 2 heterocycles. The summed E-state index contributed by atoms with van der Waals surface area (Å²) in [5.74, 6) is 0.839. The lowest BCUT2D eigenvalue weighted by Gasteiger charge is -2.36. The van der Waals surface area contributed by atoms with Gasteiger partial charge in [0.1, 0.15) is 0 Å². The fraction of sp³-hybridized carbons (Fsp3) is 1.00. The molecule has 2 fully saturated rings. The van der Waals surface area contributed by atoms with Crippen LogP contribution in [-0.2, 0) is 4.74 Å². The number of rotatable bonds is 2. The summed E-state index contributed by atoms with van der Waals surface area (Å²) in [4.78, 5) is 2.53. The van der Waals surface area contributed by atoms with E-state index in [1.807, 2.05) is 0 Å². The van der Waals surface area contributed by atoms with Gasteiger partial charge in [-0.15, -0.1) is 0 Å². The van der Waals surface area contributed by atoms with Gasteiger partial charge in [0.05, 0.1) is 13.2 Å². The van der Waals surface area contributed by atoms with Crippen LogP contribution in [0.2, 0.25) is 0 Å². The summed E-state index contributed by atoms with van der Waals surface area (Å²) in [6, 6.07) is 0.710. The Morgan fingerprint density at radius 1 is 1.36 bits per heavy atom. The van der Waals surface area contributed by atoms with E-state index in [0.717, 1.165) is 32.2 Å². The number of piperidine rings is 1. The smallest absolute Gasteiger partial charge is 0.0594 e. The van der Waals surface area contributed by atoms with Crippen LogP contribution >= 0.6 is 0 Å². The molecule has 0 radical (unpaired) electrons. The summed E-state index contributed by atoms with van der Waals surface area (Å²) in [5.41, 5.74) is 0. The molecule has 2 rings (SSSR count). The van der Waals surface area contributed by atoms with E-state index in [1.54, 1.807) is 0 Å². The van der Waals surface area contributed by atoms with E-state index in [9.17, 15) is 0 Å². The predicted molar refractivity (Wildman–Crippen MR) is 57.4 cm³/mol. The second kappa shape index (κ2) is 5.10. The third kappa shape index (κ3) is 2.69. The Kier molecular flexibility index (Phi) is 3.79. The van der Waals surface area contributed by atoms with E-state index in [2.05, 4.69) is 17.1 Å². The van der Waals surface area contributed by atoms with Crippen molar-refractivity contribution in [2.24, 2.45) is 5.92 Å². The van der Waals surface area contributed by atoms with Crippen LogP contribution in [-0.4, -0.2) is 50.3 Å². The molecule has 0 saturated carbocycles. The van der Waals surface area contributed by atoms with Gasteiger partial charge in [0, 0.05) is 25.7 Å². The van der Waals surface area contributed by atoms with Crippen molar-refractivity contribution >= 4 is 0 Å². The first kappa shape index (κ1) is 10.4. The molecule has 0 aromatic heterocycles. The highest BCUT2D eigenvalue weighted by Gasteiger charge is 2.23. The van der Waals surface area contributed by atoms with Gasteiger partial charge in [0.15, 0.2) is 0 Å². The average Bonchev–Trinajstić information content (AvgIpc) is 2.23. The van der Waals surface area contributed by atoms with E-state index in [1.165, 1.54) is 25.9 Å². The van der Waals surface area contributed by atoms with Crippen LogP contribution in [0.1, 0.15) is 19.8 Å². The molecule has 3 heteroatoms. The highest BCUT2D eigenvalue weighted by atomic mass is 16.5. The molecule has 2 aliphatic heterocycles. The Morgan fingerprint density at radius 2 is 2.14 bits per heavy atom. The van der Waals surface area contributed by atoms with E-state index in [0.29, 0.717) is 6.04 Å². The quantitative estimate of drug-likeness (QED) is 0.707. The molecule has 0 aromatic rings. The van der Waals surface area contributed by atoms with Crippen LogP contribution < -0.4 is 5.32 Å². The van der Waals surface area contributed by atoms with Crippen LogP contribution in [0.3, 0.4) is 0 Å². The SMILES string of the molecule is CC1CCCNC1CN1CCOCC1. The number of hydrogen-bond donors (Lipinski definition) is 1. The second-order valence-electron chi connectivity index (χ2n) is 4.59. The zero-order valence-electron chi connectivity index (χ0n) is 9.17. The van der Waals surface area contributed by atoms with Gasteiger partial charge in [-0.1, -0.05) is 6.92 Å². The minimum atomic E-state index is 0.710. The monoisotopic (exact) mass is 198 g/mol. The van der Waals surface area contributed by atoms with Crippen molar-refractivity contribution in [1.29, 1.82) is 0 Å². The number of nitrogens with zero attached hydrogens (tertiary/aromatic N) is 1. The standard InChI is InChI=1S/C11H22N2O/c1-10-3-2-4-12-11(10)9-13-5-7-14-8-6-13/h10-12H,2-9H2,1H3. The maximum atomic E-state index is 5.35. The van der Waals surface area contributed by atoms with Crippen molar-refractivity contribution in [3.05, 3.63) is 0 Å². The molecule has 2 unspecified atom stereocenters. The minimum absolute atomic E-state index is 0.710. The summed E-state index contributed by atoms with van der Waals surface area (Å²) in [5, 5.41) is 3.63. The Balaban J connectivity index is 1.76. The zero-order chi connectivity index (χ0) is 9.80. The first-order valence-electron chi connectivity index (χ1n) is 5.90. The van der Waals surface area contributed by atoms with Crippen molar-refractivity contribution < 1.29 is 4.74 Å². The summed E-state index contributed by atoms with van der Waals surface area (Å²) in [7, 11) is 0. The maximum Gasteiger partial charge on any atom is 0.0594 e. The average molecular weight is 198 g/mol. The van der Waals surface area contributed by atoms with Crippen LogP contribution in [0.15, 0.2) is 0 Å². The molecule has 0 aromatic carbocycles. The summed E-state index contributed by atoms with van der Waals surface area (Å²) < 4.78 is 5.35. The summed E-state index contributed by atoms with van der Waals surface area (Å²) in [6.45, 7) is 8.86. The molecule has 2 aliphatic rings. The summed E-state index contributed by atoms with van der Waals surface area (Å²) >= 11 is 0. The first-order valence-corrected chi connectivity index (χ1v) is 5.90. The molecule has 0 amide bonds. The van der Waals surface area contributed by atoms with Gasteiger partial charge in [0.2, 0.25) is 0 Å².